The van der Waals surface area contributed by atoms with Crippen molar-refractivity contribution < 1.29 is 24.2 Å². The number of rotatable bonds is 5. The Morgan fingerprint density at radius 3 is 2.52 bits per heavy atom. The fourth-order valence-corrected chi connectivity index (χ4v) is 6.14. The molecule has 1 saturated carbocycles. The summed E-state index contributed by atoms with van der Waals surface area (Å²) in [5, 5.41) is 13.3. The number of ether oxygens (including phenoxy) is 1. The van der Waals surface area contributed by atoms with Crippen LogP contribution < -0.4 is 5.32 Å². The van der Waals surface area contributed by atoms with Gasteiger partial charge in [-0.25, -0.2) is 14.6 Å². The number of carbonyl (C=O) groups excluding carboxylic acids is 2. The molecule has 1 aliphatic carbocycles. The molecule has 3 aliphatic rings. The van der Waals surface area contributed by atoms with Gasteiger partial charge in [-0.05, 0) is 38.5 Å². The van der Waals surface area contributed by atoms with Crippen LogP contribution in [0.15, 0.2) is 12.7 Å². The second kappa shape index (κ2) is 10.5. The van der Waals surface area contributed by atoms with Crippen molar-refractivity contribution in [3.63, 3.8) is 0 Å². The van der Waals surface area contributed by atoms with Crippen molar-refractivity contribution in [1.29, 1.82) is 0 Å². The average molecular weight is 477 g/mol. The third kappa shape index (κ3) is 5.66. The molecule has 4 rings (SSSR count). The number of nitrogens with zero attached hydrogens (tertiary/aromatic N) is 3. The standard InChI is InChI=1S/C23H32N4O5S/c1-2-13-32-23(31)27-12-9-18-19(14-27)33-20(25-18)15-7-10-26(11-8-15)22(30)24-17-5-3-16(4-6-17)21(28)29/h2,15-17H,1,3-14H2,(H,24,30)(H,28,29). The highest BCUT2D eigenvalue weighted by molar-refractivity contribution is 7.11. The maximum atomic E-state index is 12.7. The summed E-state index contributed by atoms with van der Waals surface area (Å²) in [4.78, 5) is 45.5. The molecule has 2 aliphatic heterocycles. The Balaban J connectivity index is 1.25. The first kappa shape index (κ1) is 23.5. The average Bonchev–Trinajstić information content (AvgIpc) is 3.26. The summed E-state index contributed by atoms with van der Waals surface area (Å²) in [5.41, 5.74) is 1.08. The zero-order valence-electron chi connectivity index (χ0n) is 18.8. The van der Waals surface area contributed by atoms with E-state index in [1.807, 2.05) is 4.90 Å². The molecule has 0 bridgehead atoms. The van der Waals surface area contributed by atoms with Gasteiger partial charge in [-0.3, -0.25) is 4.79 Å². The van der Waals surface area contributed by atoms with E-state index in [1.54, 1.807) is 22.3 Å². The number of likely N-dealkylation sites (tertiary alicyclic amines) is 1. The number of hydrogen-bond donors (Lipinski definition) is 2. The minimum atomic E-state index is -0.731. The molecular formula is C23H32N4O5S. The van der Waals surface area contributed by atoms with Crippen LogP contribution in [0.2, 0.25) is 0 Å². The van der Waals surface area contributed by atoms with Gasteiger partial charge in [-0.2, -0.15) is 0 Å². The van der Waals surface area contributed by atoms with E-state index < -0.39 is 5.97 Å². The molecule has 0 radical (unpaired) electrons. The van der Waals surface area contributed by atoms with E-state index in [4.69, 9.17) is 14.8 Å². The Labute approximate surface area is 197 Å². The van der Waals surface area contributed by atoms with E-state index in [1.165, 1.54) is 0 Å². The number of carboxylic acids is 1. The number of carboxylic acid groups (broad SMARTS) is 1. The highest BCUT2D eigenvalue weighted by Crippen LogP contribution is 2.35. The van der Waals surface area contributed by atoms with Crippen LogP contribution in [-0.2, 0) is 22.5 Å². The van der Waals surface area contributed by atoms with Gasteiger partial charge >= 0.3 is 18.1 Å². The van der Waals surface area contributed by atoms with E-state index in [0.29, 0.717) is 44.9 Å². The number of piperidine rings is 1. The second-order valence-corrected chi connectivity index (χ2v) is 10.2. The van der Waals surface area contributed by atoms with E-state index >= 15 is 0 Å². The van der Waals surface area contributed by atoms with Gasteiger partial charge in [0.1, 0.15) is 6.61 Å². The minimum absolute atomic E-state index is 0.0423. The predicted molar refractivity (Wildman–Crippen MR) is 123 cm³/mol. The lowest BCUT2D eigenvalue weighted by molar-refractivity contribution is -0.142. The molecule has 180 valence electrons. The first-order valence-corrected chi connectivity index (χ1v) is 12.6. The van der Waals surface area contributed by atoms with Gasteiger partial charge in [-0.1, -0.05) is 12.7 Å². The first-order valence-electron chi connectivity index (χ1n) is 11.7. The zero-order chi connectivity index (χ0) is 23.4. The van der Waals surface area contributed by atoms with Gasteiger partial charge in [-0.15, -0.1) is 11.3 Å². The van der Waals surface area contributed by atoms with E-state index in [2.05, 4.69) is 11.9 Å². The van der Waals surface area contributed by atoms with Crippen molar-refractivity contribution in [2.45, 2.75) is 63.5 Å². The Morgan fingerprint density at radius 2 is 1.85 bits per heavy atom. The Morgan fingerprint density at radius 1 is 1.12 bits per heavy atom. The fraction of sp³-hybridized carbons (Fsp3) is 0.652. The van der Waals surface area contributed by atoms with Gasteiger partial charge < -0.3 is 25.0 Å². The molecule has 1 aromatic heterocycles. The highest BCUT2D eigenvalue weighted by Gasteiger charge is 2.31. The van der Waals surface area contributed by atoms with Crippen LogP contribution in [0.25, 0.3) is 0 Å². The zero-order valence-corrected chi connectivity index (χ0v) is 19.6. The topological polar surface area (TPSA) is 112 Å². The number of thiazole rings is 1. The smallest absolute Gasteiger partial charge is 0.410 e. The predicted octanol–water partition coefficient (Wildman–Crippen LogP) is 3.36. The minimum Gasteiger partial charge on any atom is -0.481 e. The van der Waals surface area contributed by atoms with Crippen molar-refractivity contribution in [2.24, 2.45) is 5.92 Å². The molecule has 0 spiro atoms. The largest absolute Gasteiger partial charge is 0.481 e. The Hall–Kier alpha value is -2.62. The molecule has 3 heterocycles. The summed E-state index contributed by atoms with van der Waals surface area (Å²) in [5.74, 6) is -0.675. The van der Waals surface area contributed by atoms with Gasteiger partial charge in [0.05, 0.1) is 23.2 Å². The summed E-state index contributed by atoms with van der Waals surface area (Å²) >= 11 is 1.68. The molecule has 2 fully saturated rings. The number of nitrogens with one attached hydrogen (secondary N) is 1. The van der Waals surface area contributed by atoms with Crippen molar-refractivity contribution in [3.8, 4) is 0 Å². The van der Waals surface area contributed by atoms with Gasteiger partial charge in [0, 0.05) is 42.9 Å². The van der Waals surface area contributed by atoms with Crippen molar-refractivity contribution >= 4 is 29.4 Å². The SMILES string of the molecule is C=CCOC(=O)N1CCc2nc(C3CCN(C(=O)NC4CCC(C(=O)O)CC4)CC3)sc2C1. The normalized spacial score (nSPS) is 23.5. The van der Waals surface area contributed by atoms with Gasteiger partial charge in [0.15, 0.2) is 0 Å². The first-order chi connectivity index (χ1) is 15.9. The lowest BCUT2D eigenvalue weighted by Crippen LogP contribution is -2.48. The van der Waals surface area contributed by atoms with Crippen LogP contribution in [0, 0.1) is 5.92 Å². The number of amides is 3. The molecule has 9 nitrogen and oxygen atoms in total. The molecule has 0 atom stereocenters. The van der Waals surface area contributed by atoms with E-state index in [-0.39, 0.29) is 30.7 Å². The maximum Gasteiger partial charge on any atom is 0.410 e. The summed E-state index contributed by atoms with van der Waals surface area (Å²) in [7, 11) is 0. The number of aromatic nitrogens is 1. The lowest BCUT2D eigenvalue weighted by atomic mass is 9.86. The van der Waals surface area contributed by atoms with Crippen LogP contribution in [0.3, 0.4) is 0 Å². The number of fused-ring (bicyclic) bond motifs is 1. The number of carbonyl (C=O) groups is 3. The van der Waals surface area contributed by atoms with Crippen molar-refractivity contribution in [1.82, 2.24) is 20.1 Å². The fourth-order valence-electron chi connectivity index (χ4n) is 4.85. The summed E-state index contributed by atoms with van der Waals surface area (Å²) < 4.78 is 5.16. The summed E-state index contributed by atoms with van der Waals surface area (Å²) in [6.45, 7) is 6.30. The molecular weight excluding hydrogens is 444 g/mol. The lowest BCUT2D eigenvalue weighted by Gasteiger charge is -2.34. The third-order valence-corrected chi connectivity index (χ3v) is 8.11. The van der Waals surface area contributed by atoms with Crippen LogP contribution in [-0.4, -0.2) is 70.3 Å². The van der Waals surface area contributed by atoms with E-state index in [0.717, 1.165) is 47.7 Å². The number of urea groups is 1. The molecule has 0 aromatic carbocycles. The maximum absolute atomic E-state index is 12.7. The highest BCUT2D eigenvalue weighted by atomic mass is 32.1. The molecule has 10 heteroatoms. The van der Waals surface area contributed by atoms with Gasteiger partial charge in [0.2, 0.25) is 0 Å². The Bertz CT molecular complexity index is 887. The molecule has 2 N–H and O–H groups in total. The van der Waals surface area contributed by atoms with Crippen LogP contribution in [0.1, 0.15) is 60.0 Å². The van der Waals surface area contributed by atoms with Crippen LogP contribution in [0.5, 0.6) is 0 Å². The van der Waals surface area contributed by atoms with E-state index in [9.17, 15) is 14.4 Å². The van der Waals surface area contributed by atoms with Crippen LogP contribution in [0.4, 0.5) is 9.59 Å². The third-order valence-electron chi connectivity index (χ3n) is 6.87. The van der Waals surface area contributed by atoms with Gasteiger partial charge in [0.25, 0.3) is 0 Å². The summed E-state index contributed by atoms with van der Waals surface area (Å²) in [6, 6.07) is 0.0250. The Kier molecular flexibility index (Phi) is 7.52. The monoisotopic (exact) mass is 476 g/mol. The number of aliphatic carboxylic acids is 1. The van der Waals surface area contributed by atoms with Crippen molar-refractivity contribution in [3.05, 3.63) is 28.2 Å². The molecule has 1 aromatic rings. The number of hydrogen-bond acceptors (Lipinski definition) is 6. The summed E-state index contributed by atoms with van der Waals surface area (Å²) in [6.07, 6.45) is 6.43. The molecule has 3 amide bonds. The molecule has 1 saturated heterocycles. The van der Waals surface area contributed by atoms with Crippen LogP contribution >= 0.6 is 11.3 Å². The molecule has 33 heavy (non-hydrogen) atoms. The van der Waals surface area contributed by atoms with Crippen molar-refractivity contribution in [2.75, 3.05) is 26.2 Å². The molecule has 0 unspecified atom stereocenters. The second-order valence-electron chi connectivity index (χ2n) is 9.06. The quantitative estimate of drug-likeness (QED) is 0.631.